The topological polar surface area (TPSA) is 204 Å². The van der Waals surface area contributed by atoms with Gasteiger partial charge in [0, 0.05) is 108 Å². The summed E-state index contributed by atoms with van der Waals surface area (Å²) >= 11 is 0. The third-order valence-electron chi connectivity index (χ3n) is 16.9. The lowest BCUT2D eigenvalue weighted by Crippen LogP contribution is -2.50. The minimum absolute atomic E-state index is 0.0154. The SMILES string of the molecule is Cc1cc(C)c(-c2c3nc(c(-c4ccc(NC(=O)CN5CCN(CC(=O)OC(C)(C)C)CCN(CC(=O)OC(C)(C)C)CCN(CC(=O)OC(C)(C)C)CC5)cc4)c4ccc([nH]4)c(-c4c(C)cc(C)cc4C)c4nc(c(-c5ccc(N)cc5)c5ccc2[nH]5)C=C4)C=C3)c(C)c1. The van der Waals surface area contributed by atoms with Gasteiger partial charge in [0.15, 0.2) is 0 Å². The Morgan fingerprint density at radius 1 is 0.411 bits per heavy atom. The van der Waals surface area contributed by atoms with Crippen molar-refractivity contribution in [2.45, 2.75) is 121 Å². The average Bonchev–Trinajstić information content (AvgIpc) is 1.63. The standard InChI is InChI=1S/C78H94N10O7/c1-48-40-50(3)70(51(4)41-48)74-62-28-24-58(81-62)72(54-16-20-56(79)21-17-54)59-25-29-63(82-59)75(71-52(5)42-49(2)43-53(71)6)65-31-27-61(84-65)73(60-26-30-64(74)83-60)55-18-22-57(23-19-55)80-66(89)44-85-32-34-86(45-67(90)93-76(7,8)9)36-38-88(47-69(92)95-78(13,14)15)39-37-87(35-33-85)46-68(91)94-77(10,11)12/h16-31,40-43,81,84H,32-39,44-47,79H2,1-15H3,(H,80,89). The van der Waals surface area contributed by atoms with Gasteiger partial charge >= 0.3 is 17.9 Å². The highest BCUT2D eigenvalue weighted by molar-refractivity contribution is 6.01. The first-order valence-corrected chi connectivity index (χ1v) is 33.0. The number of carbonyl (C=O) groups is 4. The van der Waals surface area contributed by atoms with E-state index in [1.165, 1.54) is 11.1 Å². The first kappa shape index (κ1) is 68.8. The fourth-order valence-corrected chi connectivity index (χ4v) is 13.1. The minimum atomic E-state index is -0.691. The normalized spacial score (nSPS) is 14.9. The summed E-state index contributed by atoms with van der Waals surface area (Å²) in [5.41, 5.74) is 26.9. The summed E-state index contributed by atoms with van der Waals surface area (Å²) in [6.07, 6.45) is 8.44. The molecular weight excluding hydrogens is 1190 g/mol. The van der Waals surface area contributed by atoms with Crippen molar-refractivity contribution in [3.63, 3.8) is 0 Å². The number of nitrogen functional groups attached to an aromatic ring is 1. The van der Waals surface area contributed by atoms with Gasteiger partial charge in [0.1, 0.15) is 16.8 Å². The molecule has 0 aliphatic carbocycles. The highest BCUT2D eigenvalue weighted by Gasteiger charge is 2.28. The maximum absolute atomic E-state index is 14.5. The number of hydrogen-bond acceptors (Lipinski definition) is 14. The molecule has 3 aliphatic rings. The molecule has 3 aromatic heterocycles. The molecule has 7 aromatic rings. The number of anilines is 2. The summed E-state index contributed by atoms with van der Waals surface area (Å²) in [5.74, 6) is -1.34. The molecule has 1 saturated heterocycles. The Morgan fingerprint density at radius 2 is 0.695 bits per heavy atom. The Bertz CT molecular complexity index is 4140. The van der Waals surface area contributed by atoms with Crippen molar-refractivity contribution >= 4 is 81.6 Å². The van der Waals surface area contributed by atoms with Crippen LogP contribution in [0.4, 0.5) is 11.4 Å². The van der Waals surface area contributed by atoms with E-state index in [0.29, 0.717) is 63.7 Å². The molecule has 1 fully saturated rings. The summed E-state index contributed by atoms with van der Waals surface area (Å²) in [5, 5.41) is 3.20. The predicted molar refractivity (Wildman–Crippen MR) is 385 cm³/mol. The van der Waals surface area contributed by atoms with Crippen LogP contribution in [-0.2, 0) is 33.4 Å². The van der Waals surface area contributed by atoms with Crippen LogP contribution in [0.1, 0.15) is 118 Å². The molecule has 95 heavy (non-hydrogen) atoms. The van der Waals surface area contributed by atoms with Crippen molar-refractivity contribution in [3.8, 4) is 44.5 Å². The maximum Gasteiger partial charge on any atom is 0.320 e. The van der Waals surface area contributed by atoms with E-state index in [4.69, 9.17) is 29.9 Å². The fourth-order valence-electron chi connectivity index (χ4n) is 13.1. The van der Waals surface area contributed by atoms with E-state index in [9.17, 15) is 19.2 Å². The Kier molecular flexibility index (Phi) is 20.7. The van der Waals surface area contributed by atoms with Gasteiger partial charge in [-0.15, -0.1) is 0 Å². The van der Waals surface area contributed by atoms with Crippen molar-refractivity contribution in [1.82, 2.24) is 39.5 Å². The zero-order chi connectivity index (χ0) is 68.3. The van der Waals surface area contributed by atoms with Gasteiger partial charge in [-0.05, 0) is 221 Å². The van der Waals surface area contributed by atoms with Gasteiger partial charge in [-0.1, -0.05) is 59.7 Å². The monoisotopic (exact) mass is 1280 g/mol. The van der Waals surface area contributed by atoms with E-state index in [1.54, 1.807) is 0 Å². The van der Waals surface area contributed by atoms with Gasteiger partial charge < -0.3 is 35.2 Å². The van der Waals surface area contributed by atoms with E-state index in [1.807, 2.05) is 113 Å². The number of rotatable bonds is 13. The Hall–Kier alpha value is -9.00. The number of benzene rings is 4. The molecule has 8 bridgehead atoms. The van der Waals surface area contributed by atoms with Crippen LogP contribution in [0.15, 0.2) is 97.1 Å². The van der Waals surface area contributed by atoms with E-state index in [-0.39, 0.29) is 50.0 Å². The smallest absolute Gasteiger partial charge is 0.320 e. The second-order valence-electron chi connectivity index (χ2n) is 28.7. The molecule has 3 aliphatic heterocycles. The molecule has 5 N–H and O–H groups in total. The number of aromatic nitrogens is 4. The molecule has 6 heterocycles. The lowest BCUT2D eigenvalue weighted by Gasteiger charge is -2.34. The highest BCUT2D eigenvalue weighted by atomic mass is 16.6. The van der Waals surface area contributed by atoms with Crippen molar-refractivity contribution in [1.29, 1.82) is 0 Å². The molecule has 0 unspecified atom stereocenters. The van der Waals surface area contributed by atoms with Gasteiger partial charge in [-0.3, -0.25) is 38.8 Å². The first-order valence-electron chi connectivity index (χ1n) is 33.0. The van der Waals surface area contributed by atoms with Crippen molar-refractivity contribution < 1.29 is 33.4 Å². The Morgan fingerprint density at radius 3 is 1.01 bits per heavy atom. The number of nitrogens with two attached hydrogens (primary N) is 1. The van der Waals surface area contributed by atoms with Crippen LogP contribution in [0.5, 0.6) is 0 Å². The van der Waals surface area contributed by atoms with Crippen molar-refractivity contribution in [2.75, 3.05) is 89.6 Å². The Labute approximate surface area is 559 Å². The molecule has 0 spiro atoms. The third kappa shape index (κ3) is 17.7. The van der Waals surface area contributed by atoms with E-state index >= 15 is 0 Å². The zero-order valence-corrected chi connectivity index (χ0v) is 58.2. The van der Waals surface area contributed by atoms with Crippen molar-refractivity contribution in [3.05, 3.63) is 153 Å². The van der Waals surface area contributed by atoms with Crippen LogP contribution < -0.4 is 11.1 Å². The van der Waals surface area contributed by atoms with E-state index < -0.39 is 16.8 Å². The number of esters is 3. The number of aryl methyl sites for hydroxylation is 6. The van der Waals surface area contributed by atoms with Crippen LogP contribution in [0.25, 0.3) is 90.9 Å². The predicted octanol–water partition coefficient (Wildman–Crippen LogP) is 13.9. The zero-order valence-electron chi connectivity index (χ0n) is 58.2. The van der Waals surface area contributed by atoms with Gasteiger partial charge in [0.25, 0.3) is 0 Å². The van der Waals surface area contributed by atoms with Crippen LogP contribution in [0, 0.1) is 41.5 Å². The highest BCUT2D eigenvalue weighted by Crippen LogP contribution is 2.42. The lowest BCUT2D eigenvalue weighted by molar-refractivity contribution is -0.158. The summed E-state index contributed by atoms with van der Waals surface area (Å²) in [7, 11) is 0. The number of ether oxygens (including phenoxy) is 3. The van der Waals surface area contributed by atoms with Gasteiger partial charge in [-0.25, -0.2) is 9.97 Å². The van der Waals surface area contributed by atoms with Crippen LogP contribution in [-0.4, -0.2) is 159 Å². The summed E-state index contributed by atoms with van der Waals surface area (Å²) < 4.78 is 17.3. The van der Waals surface area contributed by atoms with Crippen LogP contribution >= 0.6 is 0 Å². The van der Waals surface area contributed by atoms with E-state index in [0.717, 1.165) is 112 Å². The maximum atomic E-state index is 14.5. The summed E-state index contributed by atoms with van der Waals surface area (Å²) in [6, 6.07) is 33.3. The molecule has 1 amide bonds. The first-order chi connectivity index (χ1) is 44.9. The van der Waals surface area contributed by atoms with Gasteiger partial charge in [0.05, 0.1) is 49.0 Å². The molecule has 0 saturated carbocycles. The molecular formula is C78H94N10O7. The number of carbonyl (C=O) groups excluding carboxylic acids is 4. The fraction of sp³-hybridized carbons (Fsp3) is 0.385. The van der Waals surface area contributed by atoms with E-state index in [2.05, 4.69) is 147 Å². The Balaban J connectivity index is 1.04. The quantitative estimate of drug-likeness (QED) is 0.0482. The molecule has 17 nitrogen and oxygen atoms in total. The molecule has 4 aromatic carbocycles. The minimum Gasteiger partial charge on any atom is -0.459 e. The molecule has 10 rings (SSSR count). The van der Waals surface area contributed by atoms with Crippen LogP contribution in [0.3, 0.4) is 0 Å². The molecule has 0 radical (unpaired) electrons. The number of nitrogens with one attached hydrogen (secondary N) is 3. The molecule has 498 valence electrons. The number of aromatic amines is 2. The lowest BCUT2D eigenvalue weighted by atomic mass is 9.92. The molecule has 17 heteroatoms. The van der Waals surface area contributed by atoms with Gasteiger partial charge in [0.2, 0.25) is 5.91 Å². The van der Waals surface area contributed by atoms with Gasteiger partial charge in [-0.2, -0.15) is 0 Å². The summed E-state index contributed by atoms with van der Waals surface area (Å²) in [4.78, 5) is 81.7. The second kappa shape index (κ2) is 28.5. The average molecular weight is 1280 g/mol. The number of hydrogen-bond donors (Lipinski definition) is 4. The number of H-pyrrole nitrogens is 2. The number of amides is 1. The largest absolute Gasteiger partial charge is 0.459 e. The number of fused-ring (bicyclic) bond motifs is 8. The number of nitrogens with zero attached hydrogens (tertiary/aromatic N) is 6. The second-order valence-corrected chi connectivity index (χ2v) is 28.7. The van der Waals surface area contributed by atoms with Crippen LogP contribution in [0.2, 0.25) is 0 Å². The summed E-state index contributed by atoms with van der Waals surface area (Å²) in [6.45, 7) is 32.9. The van der Waals surface area contributed by atoms with Crippen molar-refractivity contribution in [2.24, 2.45) is 0 Å². The molecule has 0 atom stereocenters. The third-order valence-corrected chi connectivity index (χ3v) is 16.9.